The van der Waals surface area contributed by atoms with Crippen LogP contribution in [-0.2, 0) is 24.6 Å². The van der Waals surface area contributed by atoms with E-state index in [0.29, 0.717) is 11.4 Å². The summed E-state index contributed by atoms with van der Waals surface area (Å²) >= 11 is 0. The number of nitriles is 1. The molecule has 1 fully saturated rings. The number of benzene rings is 2. The molecule has 10 nitrogen and oxygen atoms in total. The van der Waals surface area contributed by atoms with E-state index >= 15 is 0 Å². The van der Waals surface area contributed by atoms with Crippen LogP contribution >= 0.6 is 0 Å². The third-order valence-electron chi connectivity index (χ3n) is 7.85. The lowest BCUT2D eigenvalue weighted by atomic mass is 9.80. The summed E-state index contributed by atoms with van der Waals surface area (Å²) in [6.45, 7) is 5.81. The monoisotopic (exact) mass is 552 g/mol. The number of fused-ring (bicyclic) bond motifs is 3. The van der Waals surface area contributed by atoms with E-state index in [1.807, 2.05) is 45.0 Å². The predicted octanol–water partition coefficient (Wildman–Crippen LogP) is 3.45. The van der Waals surface area contributed by atoms with Gasteiger partial charge in [-0.25, -0.2) is 0 Å². The van der Waals surface area contributed by atoms with Gasteiger partial charge >= 0.3 is 11.8 Å². The van der Waals surface area contributed by atoms with Gasteiger partial charge < -0.3 is 20.4 Å². The Morgan fingerprint density at radius 1 is 1.20 bits per heavy atom. The fourth-order valence-corrected chi connectivity index (χ4v) is 5.79. The zero-order valence-corrected chi connectivity index (χ0v) is 23.5. The van der Waals surface area contributed by atoms with Crippen molar-refractivity contribution in [1.29, 1.82) is 5.26 Å². The van der Waals surface area contributed by atoms with Crippen LogP contribution in [0.25, 0.3) is 10.9 Å². The Kier molecular flexibility index (Phi) is 6.99. The SMILES string of the molecule is CN(C(=O)C(=O)Nc1ccc2ncccc2c1)[C@@H](CC(C)(C)C)C(=O)N1C[C@]2(C[C@H]1C#N)C(=O)Nc1ccccc12. The van der Waals surface area contributed by atoms with Crippen LogP contribution in [0, 0.1) is 16.7 Å². The molecule has 0 radical (unpaired) electrons. The summed E-state index contributed by atoms with van der Waals surface area (Å²) in [6, 6.07) is 16.3. The van der Waals surface area contributed by atoms with Crippen LogP contribution in [0.5, 0.6) is 0 Å². The number of amides is 4. The molecular formula is C31H32N6O4. The van der Waals surface area contributed by atoms with Crippen molar-refractivity contribution in [3.8, 4) is 6.07 Å². The van der Waals surface area contributed by atoms with Crippen LogP contribution in [0.2, 0.25) is 0 Å². The van der Waals surface area contributed by atoms with Gasteiger partial charge in [0.2, 0.25) is 11.8 Å². The summed E-state index contributed by atoms with van der Waals surface area (Å²) in [7, 11) is 1.42. The molecular weight excluding hydrogens is 520 g/mol. The zero-order chi connectivity index (χ0) is 29.5. The summed E-state index contributed by atoms with van der Waals surface area (Å²) in [4.78, 5) is 60.6. The molecule has 1 aromatic heterocycles. The van der Waals surface area contributed by atoms with E-state index in [9.17, 15) is 24.4 Å². The third kappa shape index (κ3) is 5.11. The Morgan fingerprint density at radius 2 is 1.95 bits per heavy atom. The van der Waals surface area contributed by atoms with Gasteiger partial charge in [0, 0.05) is 43.0 Å². The lowest BCUT2D eigenvalue weighted by Crippen LogP contribution is -2.54. The number of likely N-dealkylation sites (N-methyl/N-ethyl adjacent to an activating group) is 1. The average Bonchev–Trinajstić information content (AvgIpc) is 3.47. The Balaban J connectivity index is 1.40. The van der Waals surface area contributed by atoms with Gasteiger partial charge in [-0.15, -0.1) is 0 Å². The molecule has 2 aromatic carbocycles. The molecule has 1 spiro atoms. The van der Waals surface area contributed by atoms with Crippen molar-refractivity contribution in [2.45, 2.75) is 51.1 Å². The van der Waals surface area contributed by atoms with E-state index in [1.165, 1.54) is 11.9 Å². The van der Waals surface area contributed by atoms with Gasteiger partial charge in [-0.3, -0.25) is 24.2 Å². The lowest BCUT2D eigenvalue weighted by molar-refractivity contribution is -0.150. The average molecular weight is 553 g/mol. The molecule has 1 saturated heterocycles. The highest BCUT2D eigenvalue weighted by atomic mass is 16.2. The largest absolute Gasteiger partial charge is 0.325 e. The van der Waals surface area contributed by atoms with Gasteiger partial charge in [0.15, 0.2) is 0 Å². The minimum Gasteiger partial charge on any atom is -0.325 e. The minimum atomic E-state index is -1.05. The van der Waals surface area contributed by atoms with Crippen LogP contribution in [0.15, 0.2) is 60.8 Å². The normalized spacial score (nSPS) is 20.3. The molecule has 3 aromatic rings. The number of hydrogen-bond donors (Lipinski definition) is 2. The number of para-hydroxylation sites is 1. The first-order valence-corrected chi connectivity index (χ1v) is 13.5. The van der Waals surface area contributed by atoms with E-state index in [-0.39, 0.29) is 25.3 Å². The highest BCUT2D eigenvalue weighted by molar-refractivity contribution is 6.40. The second-order valence-corrected chi connectivity index (χ2v) is 12.0. The summed E-state index contributed by atoms with van der Waals surface area (Å²) < 4.78 is 0. The minimum absolute atomic E-state index is 0.00685. The van der Waals surface area contributed by atoms with Gasteiger partial charge in [-0.05, 0) is 47.7 Å². The molecule has 2 N–H and O–H groups in total. The highest BCUT2D eigenvalue weighted by Crippen LogP contribution is 2.46. The van der Waals surface area contributed by atoms with E-state index in [0.717, 1.165) is 21.4 Å². The molecule has 0 bridgehead atoms. The van der Waals surface area contributed by atoms with Crippen LogP contribution in [0.1, 0.15) is 39.2 Å². The molecule has 0 aliphatic carbocycles. The van der Waals surface area contributed by atoms with E-state index in [2.05, 4.69) is 21.7 Å². The smallest absolute Gasteiger partial charge is 0.313 e. The number of carbonyl (C=O) groups excluding carboxylic acids is 4. The fourth-order valence-electron chi connectivity index (χ4n) is 5.79. The van der Waals surface area contributed by atoms with Crippen molar-refractivity contribution >= 4 is 45.9 Å². The number of anilines is 2. The second kappa shape index (κ2) is 10.3. The number of rotatable bonds is 4. The molecule has 41 heavy (non-hydrogen) atoms. The first kappa shape index (κ1) is 27.8. The number of nitrogens with zero attached hydrogens (tertiary/aromatic N) is 4. The zero-order valence-electron chi connectivity index (χ0n) is 23.5. The number of nitrogens with one attached hydrogen (secondary N) is 2. The number of pyridine rings is 1. The van der Waals surface area contributed by atoms with E-state index in [4.69, 9.17) is 0 Å². The number of likely N-dealkylation sites (tertiary alicyclic amines) is 1. The van der Waals surface area contributed by atoms with Crippen LogP contribution in [0.4, 0.5) is 11.4 Å². The first-order chi connectivity index (χ1) is 19.4. The van der Waals surface area contributed by atoms with Crippen molar-refractivity contribution in [3.05, 3.63) is 66.4 Å². The van der Waals surface area contributed by atoms with Gasteiger partial charge in [0.1, 0.15) is 12.1 Å². The summed E-state index contributed by atoms with van der Waals surface area (Å²) in [5.74, 6) is -2.50. The second-order valence-electron chi connectivity index (χ2n) is 12.0. The maximum atomic E-state index is 14.1. The molecule has 5 rings (SSSR count). The summed E-state index contributed by atoms with van der Waals surface area (Å²) in [5, 5.41) is 16.3. The number of carbonyl (C=O) groups is 4. The molecule has 2 aliphatic heterocycles. The maximum Gasteiger partial charge on any atom is 0.313 e. The Hall–Kier alpha value is -4.78. The maximum absolute atomic E-state index is 14.1. The van der Waals surface area contributed by atoms with Crippen molar-refractivity contribution < 1.29 is 19.2 Å². The number of hydrogen-bond acceptors (Lipinski definition) is 6. The van der Waals surface area contributed by atoms with Crippen molar-refractivity contribution in [1.82, 2.24) is 14.8 Å². The fraction of sp³-hybridized carbons (Fsp3) is 0.355. The van der Waals surface area contributed by atoms with Crippen LogP contribution in [0.3, 0.4) is 0 Å². The van der Waals surface area contributed by atoms with Crippen molar-refractivity contribution in [3.63, 3.8) is 0 Å². The van der Waals surface area contributed by atoms with Crippen LogP contribution < -0.4 is 10.6 Å². The summed E-state index contributed by atoms with van der Waals surface area (Å²) in [5.41, 5.74) is 1.15. The third-order valence-corrected chi connectivity index (χ3v) is 7.85. The highest BCUT2D eigenvalue weighted by Gasteiger charge is 2.57. The topological polar surface area (TPSA) is 136 Å². The molecule has 210 valence electrons. The first-order valence-electron chi connectivity index (χ1n) is 13.5. The van der Waals surface area contributed by atoms with Gasteiger partial charge in [0.05, 0.1) is 17.0 Å². The lowest BCUT2D eigenvalue weighted by Gasteiger charge is -2.35. The Morgan fingerprint density at radius 3 is 2.68 bits per heavy atom. The number of aromatic nitrogens is 1. The van der Waals surface area contributed by atoms with Crippen LogP contribution in [-0.4, -0.2) is 64.1 Å². The van der Waals surface area contributed by atoms with Gasteiger partial charge in [0.25, 0.3) is 0 Å². The van der Waals surface area contributed by atoms with Crippen molar-refractivity contribution in [2.24, 2.45) is 5.41 Å². The predicted molar refractivity (Wildman–Crippen MR) is 153 cm³/mol. The molecule has 4 amide bonds. The van der Waals surface area contributed by atoms with E-state index < -0.39 is 40.6 Å². The Labute approximate surface area is 238 Å². The van der Waals surface area contributed by atoms with Gasteiger partial charge in [-0.1, -0.05) is 45.0 Å². The molecule has 2 aliphatic rings. The Bertz CT molecular complexity index is 1610. The molecule has 0 unspecified atom stereocenters. The quantitative estimate of drug-likeness (QED) is 0.476. The van der Waals surface area contributed by atoms with Gasteiger partial charge in [-0.2, -0.15) is 5.26 Å². The van der Waals surface area contributed by atoms with E-state index in [1.54, 1.807) is 36.5 Å². The summed E-state index contributed by atoms with van der Waals surface area (Å²) in [6.07, 6.45) is 2.06. The standard InChI is InChI=1S/C31H32N6O4/c1-30(2,3)16-25(36(4)28(40)26(38)34-20-11-12-23-19(14-20)8-7-13-33-23)27(39)37-18-31(15-21(37)17-32)22-9-5-6-10-24(22)35-29(31)41/h5-14,21,25H,15-16,18H2,1-4H3,(H,34,38)(H,35,41)/t21-,25-,31-/m0/s1. The molecule has 10 heteroatoms. The van der Waals surface area contributed by atoms with Crippen molar-refractivity contribution in [2.75, 3.05) is 24.2 Å². The molecule has 3 atom stereocenters. The molecule has 3 heterocycles. The molecule has 0 saturated carbocycles.